The molecule has 0 aliphatic heterocycles. The summed E-state index contributed by atoms with van der Waals surface area (Å²) in [6.07, 6.45) is 0. The number of oxazole rings is 1. The maximum Gasteiger partial charge on any atom is 0.227 e. The van der Waals surface area contributed by atoms with E-state index in [0.717, 1.165) is 22.4 Å². The molecular formula is C15H14N2O. The fraction of sp³-hybridized carbons (Fsp3) is 0.133. The van der Waals surface area contributed by atoms with Crippen LogP contribution in [0, 0.1) is 6.92 Å². The quantitative estimate of drug-likeness (QED) is 0.737. The van der Waals surface area contributed by atoms with Crippen LogP contribution >= 0.6 is 0 Å². The summed E-state index contributed by atoms with van der Waals surface area (Å²) >= 11 is 0. The van der Waals surface area contributed by atoms with E-state index in [1.807, 2.05) is 49.5 Å². The molecule has 3 nitrogen and oxygen atoms in total. The minimum atomic E-state index is 0.660. The second-order valence-corrected chi connectivity index (χ2v) is 4.32. The normalized spacial score (nSPS) is 10.8. The van der Waals surface area contributed by atoms with Crippen LogP contribution in [-0.4, -0.2) is 12.0 Å². The van der Waals surface area contributed by atoms with Gasteiger partial charge in [-0.25, -0.2) is 4.98 Å². The van der Waals surface area contributed by atoms with Crippen molar-refractivity contribution >= 4 is 16.8 Å². The molecule has 0 saturated carbocycles. The highest BCUT2D eigenvalue weighted by atomic mass is 16.3. The number of anilines is 1. The molecule has 0 bridgehead atoms. The van der Waals surface area contributed by atoms with Gasteiger partial charge in [0.05, 0.1) is 0 Å². The van der Waals surface area contributed by atoms with Crippen LogP contribution in [0.1, 0.15) is 5.56 Å². The number of hydrogen-bond acceptors (Lipinski definition) is 3. The van der Waals surface area contributed by atoms with Crippen LogP contribution < -0.4 is 5.32 Å². The average molecular weight is 238 g/mol. The fourth-order valence-corrected chi connectivity index (χ4v) is 1.97. The summed E-state index contributed by atoms with van der Waals surface area (Å²) in [5, 5.41) is 3.11. The SMILES string of the molecule is CNc1cccc(-c2nc3cc(C)ccc3o2)c1. The van der Waals surface area contributed by atoms with Crippen molar-refractivity contribution < 1.29 is 4.42 Å². The molecule has 0 aliphatic rings. The molecule has 90 valence electrons. The molecular weight excluding hydrogens is 224 g/mol. The Hall–Kier alpha value is -2.29. The monoisotopic (exact) mass is 238 g/mol. The molecule has 0 aliphatic carbocycles. The van der Waals surface area contributed by atoms with Gasteiger partial charge in [-0.2, -0.15) is 0 Å². The number of hydrogen-bond donors (Lipinski definition) is 1. The van der Waals surface area contributed by atoms with Gasteiger partial charge in [0.25, 0.3) is 0 Å². The zero-order valence-corrected chi connectivity index (χ0v) is 10.4. The number of benzene rings is 2. The van der Waals surface area contributed by atoms with Gasteiger partial charge in [-0.05, 0) is 42.8 Å². The maximum absolute atomic E-state index is 5.77. The molecule has 0 spiro atoms. The largest absolute Gasteiger partial charge is 0.436 e. The second kappa shape index (κ2) is 4.18. The van der Waals surface area contributed by atoms with E-state index in [1.165, 1.54) is 5.56 Å². The molecule has 0 unspecified atom stereocenters. The van der Waals surface area contributed by atoms with Crippen molar-refractivity contribution in [1.82, 2.24) is 4.98 Å². The van der Waals surface area contributed by atoms with E-state index in [0.29, 0.717) is 5.89 Å². The van der Waals surface area contributed by atoms with Crippen LogP contribution in [0.3, 0.4) is 0 Å². The number of fused-ring (bicyclic) bond motifs is 1. The molecule has 1 aromatic heterocycles. The van der Waals surface area contributed by atoms with Gasteiger partial charge in [-0.3, -0.25) is 0 Å². The van der Waals surface area contributed by atoms with Crippen LogP contribution in [-0.2, 0) is 0 Å². The third-order valence-electron chi connectivity index (χ3n) is 2.94. The fourth-order valence-electron chi connectivity index (χ4n) is 1.97. The second-order valence-electron chi connectivity index (χ2n) is 4.32. The van der Waals surface area contributed by atoms with Gasteiger partial charge in [0.15, 0.2) is 5.58 Å². The van der Waals surface area contributed by atoms with Crippen molar-refractivity contribution in [1.29, 1.82) is 0 Å². The third-order valence-corrected chi connectivity index (χ3v) is 2.94. The molecule has 0 fully saturated rings. The Morgan fingerprint density at radius 3 is 2.83 bits per heavy atom. The smallest absolute Gasteiger partial charge is 0.227 e. The molecule has 3 aromatic rings. The van der Waals surface area contributed by atoms with Crippen molar-refractivity contribution in [2.45, 2.75) is 6.92 Å². The van der Waals surface area contributed by atoms with E-state index in [4.69, 9.17) is 4.42 Å². The zero-order valence-electron chi connectivity index (χ0n) is 10.4. The minimum absolute atomic E-state index is 0.660. The molecule has 0 saturated heterocycles. The Morgan fingerprint density at radius 1 is 1.11 bits per heavy atom. The van der Waals surface area contributed by atoms with E-state index in [9.17, 15) is 0 Å². The van der Waals surface area contributed by atoms with Crippen molar-refractivity contribution in [3.05, 3.63) is 48.0 Å². The number of nitrogens with one attached hydrogen (secondary N) is 1. The van der Waals surface area contributed by atoms with Crippen LogP contribution in [0.25, 0.3) is 22.6 Å². The van der Waals surface area contributed by atoms with E-state index < -0.39 is 0 Å². The van der Waals surface area contributed by atoms with E-state index in [2.05, 4.69) is 17.2 Å². The lowest BCUT2D eigenvalue weighted by Crippen LogP contribution is -1.87. The first-order valence-electron chi connectivity index (χ1n) is 5.91. The van der Waals surface area contributed by atoms with Crippen molar-refractivity contribution in [2.24, 2.45) is 0 Å². The Morgan fingerprint density at radius 2 is 2.00 bits per heavy atom. The van der Waals surface area contributed by atoms with Gasteiger partial charge in [-0.1, -0.05) is 12.1 Å². The summed E-state index contributed by atoms with van der Waals surface area (Å²) in [6, 6.07) is 14.0. The van der Waals surface area contributed by atoms with Crippen molar-refractivity contribution in [3.8, 4) is 11.5 Å². The Kier molecular flexibility index (Phi) is 2.52. The minimum Gasteiger partial charge on any atom is -0.436 e. The molecule has 1 N–H and O–H groups in total. The Labute approximate surface area is 105 Å². The van der Waals surface area contributed by atoms with E-state index in [-0.39, 0.29) is 0 Å². The van der Waals surface area contributed by atoms with Crippen molar-refractivity contribution in [2.75, 3.05) is 12.4 Å². The standard InChI is InChI=1S/C15H14N2O/c1-10-6-7-14-13(8-10)17-15(18-14)11-4-3-5-12(9-11)16-2/h3-9,16H,1-2H3. The summed E-state index contributed by atoms with van der Waals surface area (Å²) in [5.74, 6) is 0.660. The van der Waals surface area contributed by atoms with E-state index >= 15 is 0 Å². The van der Waals surface area contributed by atoms with Crippen LogP contribution in [0.2, 0.25) is 0 Å². The average Bonchev–Trinajstić information content (AvgIpc) is 2.81. The number of rotatable bonds is 2. The van der Waals surface area contributed by atoms with Gasteiger partial charge in [0, 0.05) is 18.3 Å². The lowest BCUT2D eigenvalue weighted by molar-refractivity contribution is 0.620. The first-order chi connectivity index (χ1) is 8.76. The highest BCUT2D eigenvalue weighted by Crippen LogP contribution is 2.26. The van der Waals surface area contributed by atoms with Gasteiger partial charge in [-0.15, -0.1) is 0 Å². The Balaban J connectivity index is 2.13. The molecule has 3 heteroatoms. The summed E-state index contributed by atoms with van der Waals surface area (Å²) < 4.78 is 5.77. The van der Waals surface area contributed by atoms with Gasteiger partial charge < -0.3 is 9.73 Å². The first kappa shape index (κ1) is 10.8. The zero-order chi connectivity index (χ0) is 12.5. The maximum atomic E-state index is 5.77. The Bertz CT molecular complexity index is 701. The third kappa shape index (κ3) is 1.84. The number of aromatic nitrogens is 1. The summed E-state index contributed by atoms with van der Waals surface area (Å²) in [4.78, 5) is 4.52. The molecule has 18 heavy (non-hydrogen) atoms. The molecule has 1 heterocycles. The van der Waals surface area contributed by atoms with Gasteiger partial charge >= 0.3 is 0 Å². The lowest BCUT2D eigenvalue weighted by Gasteiger charge is -2.00. The van der Waals surface area contributed by atoms with Crippen LogP contribution in [0.4, 0.5) is 5.69 Å². The number of nitrogens with zero attached hydrogens (tertiary/aromatic N) is 1. The van der Waals surface area contributed by atoms with Gasteiger partial charge in [0.1, 0.15) is 5.52 Å². The predicted molar refractivity (Wildman–Crippen MR) is 73.7 cm³/mol. The number of aryl methyl sites for hydroxylation is 1. The predicted octanol–water partition coefficient (Wildman–Crippen LogP) is 3.84. The molecule has 2 aromatic carbocycles. The molecule has 0 amide bonds. The highest BCUT2D eigenvalue weighted by molar-refractivity contribution is 5.77. The summed E-state index contributed by atoms with van der Waals surface area (Å²) in [7, 11) is 1.90. The van der Waals surface area contributed by atoms with E-state index in [1.54, 1.807) is 0 Å². The van der Waals surface area contributed by atoms with Crippen LogP contribution in [0.15, 0.2) is 46.9 Å². The van der Waals surface area contributed by atoms with Gasteiger partial charge in [0.2, 0.25) is 5.89 Å². The molecule has 0 atom stereocenters. The highest BCUT2D eigenvalue weighted by Gasteiger charge is 2.08. The summed E-state index contributed by atoms with van der Waals surface area (Å²) in [5.41, 5.74) is 4.94. The summed E-state index contributed by atoms with van der Waals surface area (Å²) in [6.45, 7) is 2.05. The lowest BCUT2D eigenvalue weighted by atomic mass is 10.2. The van der Waals surface area contributed by atoms with Crippen molar-refractivity contribution in [3.63, 3.8) is 0 Å². The first-order valence-corrected chi connectivity index (χ1v) is 5.91. The molecule has 0 radical (unpaired) electrons. The van der Waals surface area contributed by atoms with Crippen LogP contribution in [0.5, 0.6) is 0 Å². The molecule has 3 rings (SSSR count). The topological polar surface area (TPSA) is 38.1 Å².